The number of carboxylic acids is 1. The van der Waals surface area contributed by atoms with Crippen molar-refractivity contribution in [3.05, 3.63) is 27.3 Å². The number of ether oxygens (including phenoxy) is 2. The molecule has 0 saturated carbocycles. The summed E-state index contributed by atoms with van der Waals surface area (Å²) in [6, 6.07) is 4.90. The number of rotatable bonds is 5. The molecule has 1 fully saturated rings. The van der Waals surface area contributed by atoms with E-state index in [0.29, 0.717) is 18.5 Å². The maximum atomic E-state index is 10.9. The molecule has 1 N–H and O–H groups in total. The normalized spacial score (nSPS) is 18.8. The second kappa shape index (κ2) is 6.38. The summed E-state index contributed by atoms with van der Waals surface area (Å²) in [5.74, 6) is -0.302. The van der Waals surface area contributed by atoms with Crippen LogP contribution in [0.4, 0.5) is 0 Å². The van der Waals surface area contributed by atoms with Gasteiger partial charge in [-0.2, -0.15) is 0 Å². The number of hydrogen-bond donors (Lipinski definition) is 1. The number of benzene rings is 1. The van der Waals surface area contributed by atoms with Crippen molar-refractivity contribution in [3.63, 3.8) is 0 Å². The van der Waals surface area contributed by atoms with Gasteiger partial charge < -0.3 is 14.6 Å². The van der Waals surface area contributed by atoms with E-state index in [2.05, 4.69) is 22.6 Å². The van der Waals surface area contributed by atoms with E-state index in [9.17, 15) is 4.79 Å². The van der Waals surface area contributed by atoms with Gasteiger partial charge in [0, 0.05) is 13.0 Å². The molecule has 0 spiro atoms. The van der Waals surface area contributed by atoms with Crippen molar-refractivity contribution in [2.45, 2.75) is 25.4 Å². The lowest BCUT2D eigenvalue weighted by Crippen LogP contribution is -2.11. The molecule has 1 saturated heterocycles. The molecule has 1 aliphatic rings. The molecule has 0 radical (unpaired) electrons. The van der Waals surface area contributed by atoms with Crippen LogP contribution in [0.1, 0.15) is 29.6 Å². The lowest BCUT2D eigenvalue weighted by Gasteiger charge is -2.12. The maximum Gasteiger partial charge on any atom is 0.335 e. The van der Waals surface area contributed by atoms with Gasteiger partial charge in [-0.15, -0.1) is 0 Å². The molecule has 0 amide bonds. The van der Waals surface area contributed by atoms with Crippen LogP contribution >= 0.6 is 22.6 Å². The SMILES string of the molecule is O=C(O)c1ccc(I)c(OCCC2CCCO2)c1. The summed E-state index contributed by atoms with van der Waals surface area (Å²) < 4.78 is 12.1. The first kappa shape index (κ1) is 13.6. The Hall–Kier alpha value is -0.820. The van der Waals surface area contributed by atoms with Crippen molar-refractivity contribution in [1.29, 1.82) is 0 Å². The molecule has 0 aliphatic carbocycles. The molecule has 98 valence electrons. The van der Waals surface area contributed by atoms with Crippen LogP contribution in [0.3, 0.4) is 0 Å². The van der Waals surface area contributed by atoms with Crippen LogP contribution in [0.2, 0.25) is 0 Å². The van der Waals surface area contributed by atoms with E-state index in [-0.39, 0.29) is 5.56 Å². The van der Waals surface area contributed by atoms with E-state index < -0.39 is 5.97 Å². The summed E-state index contributed by atoms with van der Waals surface area (Å²) in [6.45, 7) is 1.40. The second-order valence-electron chi connectivity index (χ2n) is 4.22. The predicted molar refractivity (Wildman–Crippen MR) is 75.2 cm³/mol. The van der Waals surface area contributed by atoms with Crippen molar-refractivity contribution in [2.24, 2.45) is 0 Å². The first-order chi connectivity index (χ1) is 8.66. The summed E-state index contributed by atoms with van der Waals surface area (Å²) in [5, 5.41) is 8.92. The second-order valence-corrected chi connectivity index (χ2v) is 5.38. The van der Waals surface area contributed by atoms with E-state index in [1.807, 2.05) is 0 Å². The highest BCUT2D eigenvalue weighted by atomic mass is 127. The molecule has 1 aromatic carbocycles. The third kappa shape index (κ3) is 3.58. The molecular formula is C13H15IO4. The molecular weight excluding hydrogens is 347 g/mol. The Labute approximate surface area is 119 Å². The van der Waals surface area contributed by atoms with Crippen molar-refractivity contribution < 1.29 is 19.4 Å². The zero-order chi connectivity index (χ0) is 13.0. The van der Waals surface area contributed by atoms with Crippen LogP contribution in [0.15, 0.2) is 18.2 Å². The Morgan fingerprint density at radius 2 is 2.39 bits per heavy atom. The third-order valence-corrected chi connectivity index (χ3v) is 3.79. The van der Waals surface area contributed by atoms with Gasteiger partial charge >= 0.3 is 5.97 Å². The first-order valence-electron chi connectivity index (χ1n) is 5.94. The lowest BCUT2D eigenvalue weighted by atomic mass is 10.2. The molecule has 2 rings (SSSR count). The molecule has 1 atom stereocenters. The summed E-state index contributed by atoms with van der Waals surface area (Å²) in [7, 11) is 0. The molecule has 1 heterocycles. The topological polar surface area (TPSA) is 55.8 Å². The zero-order valence-electron chi connectivity index (χ0n) is 9.89. The Kier molecular flexibility index (Phi) is 4.82. The molecule has 0 bridgehead atoms. The summed E-state index contributed by atoms with van der Waals surface area (Å²) in [4.78, 5) is 10.9. The Bertz CT molecular complexity index is 427. The summed E-state index contributed by atoms with van der Waals surface area (Å²) in [6.07, 6.45) is 3.37. The van der Waals surface area contributed by atoms with E-state index in [0.717, 1.165) is 29.4 Å². The Morgan fingerprint density at radius 1 is 1.56 bits per heavy atom. The van der Waals surface area contributed by atoms with Crippen LogP contribution in [0.5, 0.6) is 5.75 Å². The number of hydrogen-bond acceptors (Lipinski definition) is 3. The number of aromatic carboxylic acids is 1. The monoisotopic (exact) mass is 362 g/mol. The largest absolute Gasteiger partial charge is 0.492 e. The van der Waals surface area contributed by atoms with Crippen LogP contribution in [-0.2, 0) is 4.74 Å². The van der Waals surface area contributed by atoms with Crippen LogP contribution in [0.25, 0.3) is 0 Å². The average Bonchev–Trinajstić information content (AvgIpc) is 2.84. The molecule has 1 aromatic rings. The van der Waals surface area contributed by atoms with Crippen LogP contribution in [0, 0.1) is 3.57 Å². The molecule has 18 heavy (non-hydrogen) atoms. The molecule has 4 nitrogen and oxygen atoms in total. The van der Waals surface area contributed by atoms with Crippen LogP contribution < -0.4 is 4.74 Å². The highest BCUT2D eigenvalue weighted by molar-refractivity contribution is 14.1. The predicted octanol–water partition coefficient (Wildman–Crippen LogP) is 2.94. The van der Waals surface area contributed by atoms with Crippen molar-refractivity contribution >= 4 is 28.6 Å². The van der Waals surface area contributed by atoms with Gasteiger partial charge in [-0.25, -0.2) is 4.79 Å². The smallest absolute Gasteiger partial charge is 0.335 e. The molecule has 1 aliphatic heterocycles. The fourth-order valence-electron chi connectivity index (χ4n) is 1.92. The molecule has 5 heteroatoms. The zero-order valence-corrected chi connectivity index (χ0v) is 12.1. The van der Waals surface area contributed by atoms with Crippen molar-refractivity contribution in [3.8, 4) is 5.75 Å². The highest BCUT2D eigenvalue weighted by Crippen LogP contribution is 2.23. The Morgan fingerprint density at radius 3 is 3.06 bits per heavy atom. The number of carboxylic acid groups (broad SMARTS) is 1. The van der Waals surface area contributed by atoms with Gasteiger partial charge in [-0.3, -0.25) is 0 Å². The standard InChI is InChI=1S/C13H15IO4/c14-11-4-3-9(13(15)16)8-12(11)18-7-5-10-2-1-6-17-10/h3-4,8,10H,1-2,5-7H2,(H,15,16). The van der Waals surface area contributed by atoms with Gasteiger partial charge in [0.25, 0.3) is 0 Å². The molecule has 1 unspecified atom stereocenters. The van der Waals surface area contributed by atoms with Gasteiger partial charge in [0.1, 0.15) is 5.75 Å². The lowest BCUT2D eigenvalue weighted by molar-refractivity contribution is 0.0695. The Balaban J connectivity index is 1.91. The fraction of sp³-hybridized carbons (Fsp3) is 0.462. The first-order valence-corrected chi connectivity index (χ1v) is 7.02. The highest BCUT2D eigenvalue weighted by Gasteiger charge is 2.15. The maximum absolute atomic E-state index is 10.9. The third-order valence-electron chi connectivity index (χ3n) is 2.90. The average molecular weight is 362 g/mol. The minimum atomic E-state index is -0.935. The van der Waals surface area contributed by atoms with Gasteiger partial charge in [-0.05, 0) is 53.6 Å². The number of carbonyl (C=O) groups is 1. The van der Waals surface area contributed by atoms with E-state index in [1.165, 1.54) is 0 Å². The van der Waals surface area contributed by atoms with E-state index in [4.69, 9.17) is 14.6 Å². The molecule has 0 aromatic heterocycles. The summed E-state index contributed by atoms with van der Waals surface area (Å²) in [5.41, 5.74) is 0.252. The number of halogens is 1. The minimum Gasteiger partial charge on any atom is -0.492 e. The summed E-state index contributed by atoms with van der Waals surface area (Å²) >= 11 is 2.14. The van der Waals surface area contributed by atoms with E-state index >= 15 is 0 Å². The van der Waals surface area contributed by atoms with Gasteiger partial charge in [0.05, 0.1) is 21.8 Å². The van der Waals surface area contributed by atoms with Crippen LogP contribution in [-0.4, -0.2) is 30.4 Å². The van der Waals surface area contributed by atoms with Crippen molar-refractivity contribution in [1.82, 2.24) is 0 Å². The minimum absolute atomic E-state index is 0.252. The van der Waals surface area contributed by atoms with Gasteiger partial charge in [0.2, 0.25) is 0 Å². The quantitative estimate of drug-likeness (QED) is 0.819. The van der Waals surface area contributed by atoms with Gasteiger partial charge in [-0.1, -0.05) is 0 Å². The van der Waals surface area contributed by atoms with Crippen molar-refractivity contribution in [2.75, 3.05) is 13.2 Å². The van der Waals surface area contributed by atoms with E-state index in [1.54, 1.807) is 18.2 Å². The van der Waals surface area contributed by atoms with Gasteiger partial charge in [0.15, 0.2) is 0 Å². The fourth-order valence-corrected chi connectivity index (χ4v) is 2.41.